The molecule has 1 aliphatic heterocycles. The van der Waals surface area contributed by atoms with Crippen molar-refractivity contribution in [2.45, 2.75) is 6.04 Å². The number of hydrogen-bond acceptors (Lipinski definition) is 7. The molecule has 1 unspecified atom stereocenters. The van der Waals surface area contributed by atoms with Gasteiger partial charge < -0.3 is 5.11 Å². The summed E-state index contributed by atoms with van der Waals surface area (Å²) in [7, 11) is 0. The molecule has 5 nitrogen and oxygen atoms in total. The maximum atomic E-state index is 11.0. The standard InChI is InChI=1S/C18H11N3O2S3/c19-9-10(18(22)23)8-11-3-6-15(25-11)13-5-4-12(14-2-1-7-24-14)16-17(13)21-26-20-16/h1-8,17,21H,(H,22,23)/b10-8-. The van der Waals surface area contributed by atoms with Gasteiger partial charge in [0.05, 0.1) is 23.9 Å². The summed E-state index contributed by atoms with van der Waals surface area (Å²) in [6.07, 6.45) is 5.56. The first-order chi connectivity index (χ1) is 12.7. The minimum atomic E-state index is -1.22. The molecule has 2 aromatic rings. The Bertz CT molecular complexity index is 1040. The second-order valence-electron chi connectivity index (χ2n) is 5.48. The Morgan fingerprint density at radius 2 is 2.19 bits per heavy atom. The molecule has 26 heavy (non-hydrogen) atoms. The lowest BCUT2D eigenvalue weighted by Gasteiger charge is -2.21. The van der Waals surface area contributed by atoms with Gasteiger partial charge in [-0.15, -0.1) is 22.7 Å². The lowest BCUT2D eigenvalue weighted by molar-refractivity contribution is -0.132. The molecule has 0 fully saturated rings. The number of nitrogens with zero attached hydrogens (tertiary/aromatic N) is 2. The SMILES string of the molecule is N#C/C(=C/c1ccc(C2=CC=C(c3cccs3)C3=NSNC23)s1)C(=O)O. The van der Waals surface area contributed by atoms with Gasteiger partial charge in [0.25, 0.3) is 0 Å². The van der Waals surface area contributed by atoms with Gasteiger partial charge in [-0.25, -0.2) is 13.9 Å². The maximum Gasteiger partial charge on any atom is 0.346 e. The molecule has 2 aromatic heterocycles. The van der Waals surface area contributed by atoms with E-state index in [0.717, 1.165) is 26.6 Å². The van der Waals surface area contributed by atoms with Crippen LogP contribution in [-0.4, -0.2) is 22.8 Å². The van der Waals surface area contributed by atoms with E-state index < -0.39 is 5.97 Å². The topological polar surface area (TPSA) is 85.5 Å². The number of carboxylic acids is 1. The van der Waals surface area contributed by atoms with E-state index in [1.807, 2.05) is 23.6 Å². The van der Waals surface area contributed by atoms with Crippen LogP contribution < -0.4 is 4.72 Å². The monoisotopic (exact) mass is 397 g/mol. The highest BCUT2D eigenvalue weighted by Gasteiger charge is 2.32. The van der Waals surface area contributed by atoms with E-state index in [1.165, 1.54) is 34.4 Å². The molecule has 0 aromatic carbocycles. The molecule has 4 rings (SSSR count). The number of aliphatic carboxylic acids is 1. The summed E-state index contributed by atoms with van der Waals surface area (Å²) < 4.78 is 7.89. The van der Waals surface area contributed by atoms with Crippen molar-refractivity contribution in [2.24, 2.45) is 4.40 Å². The molecule has 0 saturated carbocycles. The van der Waals surface area contributed by atoms with E-state index in [2.05, 4.69) is 27.3 Å². The van der Waals surface area contributed by atoms with E-state index in [-0.39, 0.29) is 11.6 Å². The van der Waals surface area contributed by atoms with Gasteiger partial charge in [0.2, 0.25) is 0 Å². The van der Waals surface area contributed by atoms with Crippen molar-refractivity contribution in [1.29, 1.82) is 5.26 Å². The van der Waals surface area contributed by atoms with Crippen LogP contribution in [0.3, 0.4) is 0 Å². The van der Waals surface area contributed by atoms with Crippen LogP contribution in [0.15, 0.2) is 51.8 Å². The highest BCUT2D eigenvalue weighted by molar-refractivity contribution is 7.96. The summed E-state index contributed by atoms with van der Waals surface area (Å²) in [5.41, 5.74) is 2.95. The Hall–Kier alpha value is -2.44. The average Bonchev–Trinajstić information content (AvgIpc) is 3.39. The van der Waals surface area contributed by atoms with Crippen molar-refractivity contribution < 1.29 is 9.90 Å². The fraction of sp³-hybridized carbons (Fsp3) is 0.0556. The van der Waals surface area contributed by atoms with Crippen LogP contribution in [-0.2, 0) is 4.79 Å². The molecular formula is C18H11N3O2S3. The quantitative estimate of drug-likeness (QED) is 0.457. The molecule has 8 heteroatoms. The summed E-state index contributed by atoms with van der Waals surface area (Å²) in [6.45, 7) is 0. The van der Waals surface area contributed by atoms with Crippen molar-refractivity contribution >= 4 is 63.7 Å². The van der Waals surface area contributed by atoms with Gasteiger partial charge in [-0.3, -0.25) is 0 Å². The molecule has 2 N–H and O–H groups in total. The second-order valence-corrected chi connectivity index (χ2v) is 8.14. The third-order valence-electron chi connectivity index (χ3n) is 3.94. The van der Waals surface area contributed by atoms with E-state index in [1.54, 1.807) is 17.4 Å². The Kier molecular flexibility index (Phi) is 4.61. The van der Waals surface area contributed by atoms with Crippen molar-refractivity contribution in [3.05, 3.63) is 62.0 Å². The van der Waals surface area contributed by atoms with Gasteiger partial charge >= 0.3 is 5.97 Å². The van der Waals surface area contributed by atoms with E-state index in [0.29, 0.717) is 0 Å². The second kappa shape index (κ2) is 7.05. The zero-order valence-electron chi connectivity index (χ0n) is 13.2. The molecule has 0 amide bonds. The first kappa shape index (κ1) is 17.0. The largest absolute Gasteiger partial charge is 0.477 e. The molecule has 2 aliphatic rings. The summed E-state index contributed by atoms with van der Waals surface area (Å²) in [4.78, 5) is 13.9. The number of carboxylic acid groups (broad SMARTS) is 1. The minimum absolute atomic E-state index is 0.00695. The van der Waals surface area contributed by atoms with Crippen LogP contribution in [0, 0.1) is 11.3 Å². The van der Waals surface area contributed by atoms with Crippen molar-refractivity contribution in [1.82, 2.24) is 4.72 Å². The minimum Gasteiger partial charge on any atom is -0.477 e. The van der Waals surface area contributed by atoms with Crippen molar-refractivity contribution in [2.75, 3.05) is 0 Å². The fourth-order valence-electron chi connectivity index (χ4n) is 2.74. The highest BCUT2D eigenvalue weighted by atomic mass is 32.2. The number of hydrogen-bond donors (Lipinski definition) is 2. The molecule has 1 atom stereocenters. The first-order valence-electron chi connectivity index (χ1n) is 7.58. The Morgan fingerprint density at radius 1 is 1.31 bits per heavy atom. The Balaban J connectivity index is 1.70. The van der Waals surface area contributed by atoms with Crippen LogP contribution in [0.25, 0.3) is 17.2 Å². The molecule has 1 aliphatic carbocycles. The number of rotatable bonds is 4. The molecule has 0 bridgehead atoms. The molecule has 3 heterocycles. The number of nitrogens with one attached hydrogen (secondary N) is 1. The Labute approximate surface area is 162 Å². The lowest BCUT2D eigenvalue weighted by Crippen LogP contribution is -2.31. The molecule has 0 spiro atoms. The number of thiophene rings is 2. The van der Waals surface area contributed by atoms with Crippen LogP contribution in [0.1, 0.15) is 14.6 Å². The fourth-order valence-corrected chi connectivity index (χ4v) is 5.21. The number of allylic oxidation sites excluding steroid dienone is 2. The van der Waals surface area contributed by atoms with E-state index in [9.17, 15) is 4.79 Å². The summed E-state index contributed by atoms with van der Waals surface area (Å²) in [5.74, 6) is -1.22. The van der Waals surface area contributed by atoms with Crippen LogP contribution in [0.4, 0.5) is 0 Å². The van der Waals surface area contributed by atoms with Gasteiger partial charge in [0.1, 0.15) is 11.6 Å². The lowest BCUT2D eigenvalue weighted by atomic mass is 9.90. The summed E-state index contributed by atoms with van der Waals surface area (Å²) in [5, 5.41) is 20.0. The average molecular weight is 398 g/mol. The maximum absolute atomic E-state index is 11.0. The third kappa shape index (κ3) is 3.06. The molecular weight excluding hydrogens is 386 g/mol. The highest BCUT2D eigenvalue weighted by Crippen LogP contribution is 2.38. The van der Waals surface area contributed by atoms with Gasteiger partial charge in [0, 0.05) is 20.2 Å². The number of nitriles is 1. The van der Waals surface area contributed by atoms with Crippen LogP contribution in [0.5, 0.6) is 0 Å². The summed E-state index contributed by atoms with van der Waals surface area (Å²) in [6, 6.07) is 9.59. The van der Waals surface area contributed by atoms with Gasteiger partial charge in [-0.2, -0.15) is 5.26 Å². The Morgan fingerprint density at radius 3 is 2.92 bits per heavy atom. The predicted molar refractivity (Wildman–Crippen MR) is 108 cm³/mol. The first-order valence-corrected chi connectivity index (χ1v) is 10.0. The van der Waals surface area contributed by atoms with Crippen LogP contribution in [0.2, 0.25) is 0 Å². The van der Waals surface area contributed by atoms with Crippen molar-refractivity contribution in [3.63, 3.8) is 0 Å². The third-order valence-corrected chi connectivity index (χ3v) is 6.55. The normalized spacial score (nSPS) is 19.3. The van der Waals surface area contributed by atoms with Gasteiger partial charge in [-0.05, 0) is 35.2 Å². The molecule has 0 saturated heterocycles. The molecule has 128 valence electrons. The van der Waals surface area contributed by atoms with Crippen molar-refractivity contribution in [3.8, 4) is 6.07 Å². The van der Waals surface area contributed by atoms with Gasteiger partial charge in [-0.1, -0.05) is 18.2 Å². The van der Waals surface area contributed by atoms with E-state index >= 15 is 0 Å². The van der Waals surface area contributed by atoms with E-state index in [4.69, 9.17) is 10.4 Å². The number of fused-ring (bicyclic) bond motifs is 1. The zero-order valence-corrected chi connectivity index (χ0v) is 15.6. The van der Waals surface area contributed by atoms with Crippen LogP contribution >= 0.6 is 34.8 Å². The number of carbonyl (C=O) groups is 1. The summed E-state index contributed by atoms with van der Waals surface area (Å²) >= 11 is 4.48. The predicted octanol–water partition coefficient (Wildman–Crippen LogP) is 4.26. The smallest absolute Gasteiger partial charge is 0.346 e. The zero-order chi connectivity index (χ0) is 18.1. The molecule has 0 radical (unpaired) electrons. The van der Waals surface area contributed by atoms with Gasteiger partial charge in [0.15, 0.2) is 0 Å².